The van der Waals surface area contributed by atoms with Gasteiger partial charge < -0.3 is 14.5 Å². The molecule has 3 aromatic rings. The van der Waals surface area contributed by atoms with Crippen LogP contribution >= 0.6 is 0 Å². The molecule has 5 nitrogen and oxygen atoms in total. The summed E-state index contributed by atoms with van der Waals surface area (Å²) >= 11 is 0. The maximum Gasteiger partial charge on any atom is 0.268 e. The maximum absolute atomic E-state index is 12.7. The Labute approximate surface area is 134 Å². The molecule has 1 aliphatic rings. The number of carbonyl (C=O) groups is 1. The van der Waals surface area contributed by atoms with E-state index in [4.69, 9.17) is 0 Å². The Morgan fingerprint density at radius 3 is 2.91 bits per heavy atom. The number of amides is 1. The number of aryl methyl sites for hydroxylation is 1. The second-order valence-corrected chi connectivity index (χ2v) is 6.28. The summed E-state index contributed by atoms with van der Waals surface area (Å²) in [7, 11) is 1.93. The molecule has 0 saturated heterocycles. The molecule has 2 aromatic heterocycles. The zero-order valence-corrected chi connectivity index (χ0v) is 13.2. The highest BCUT2D eigenvalue weighted by Gasteiger charge is 2.25. The smallest absolute Gasteiger partial charge is 0.268 e. The molecule has 0 radical (unpaired) electrons. The molecule has 2 heterocycles. The number of fused-ring (bicyclic) bond motifs is 1. The summed E-state index contributed by atoms with van der Waals surface area (Å²) in [5, 5.41) is 4.11. The molecule has 1 fully saturated rings. The van der Waals surface area contributed by atoms with Crippen LogP contribution in [0.25, 0.3) is 10.9 Å². The topological polar surface area (TPSA) is 51.9 Å². The van der Waals surface area contributed by atoms with E-state index in [1.54, 1.807) is 6.20 Å². The van der Waals surface area contributed by atoms with Crippen molar-refractivity contribution in [3.63, 3.8) is 0 Å². The van der Waals surface area contributed by atoms with Gasteiger partial charge in [-0.15, -0.1) is 0 Å². The van der Waals surface area contributed by atoms with Gasteiger partial charge in [0, 0.05) is 36.9 Å². The monoisotopic (exact) mass is 308 g/mol. The Kier molecular flexibility index (Phi) is 3.41. The molecule has 0 atom stereocenters. The first kappa shape index (κ1) is 14.1. The summed E-state index contributed by atoms with van der Waals surface area (Å²) in [4.78, 5) is 16.9. The average Bonchev–Trinajstić information content (AvgIpc) is 3.17. The normalized spacial score (nSPS) is 14.3. The molecule has 1 aliphatic carbocycles. The third-order valence-electron chi connectivity index (χ3n) is 4.51. The second kappa shape index (κ2) is 5.57. The molecule has 1 N–H and O–H groups in total. The van der Waals surface area contributed by atoms with E-state index in [1.807, 2.05) is 36.0 Å². The van der Waals surface area contributed by atoms with E-state index < -0.39 is 0 Å². The molecule has 4 rings (SSSR count). The molecule has 0 aliphatic heterocycles. The van der Waals surface area contributed by atoms with E-state index in [9.17, 15) is 4.79 Å². The summed E-state index contributed by atoms with van der Waals surface area (Å²) in [6, 6.07) is 10.2. The van der Waals surface area contributed by atoms with Gasteiger partial charge in [-0.25, -0.2) is 4.98 Å². The van der Waals surface area contributed by atoms with E-state index in [-0.39, 0.29) is 5.91 Å². The minimum Gasteiger partial charge on any atom is -0.344 e. The molecule has 1 aromatic carbocycles. The highest BCUT2D eigenvalue weighted by molar-refractivity contribution is 5.98. The summed E-state index contributed by atoms with van der Waals surface area (Å²) in [6.45, 7) is 1.37. The first-order valence-electron chi connectivity index (χ1n) is 8.05. The van der Waals surface area contributed by atoms with Crippen molar-refractivity contribution in [1.29, 1.82) is 0 Å². The lowest BCUT2D eigenvalue weighted by atomic mass is 10.2. The van der Waals surface area contributed by atoms with Crippen LogP contribution in [0.15, 0.2) is 42.7 Å². The van der Waals surface area contributed by atoms with E-state index in [0.29, 0.717) is 12.5 Å². The van der Waals surface area contributed by atoms with Crippen LogP contribution in [0.4, 0.5) is 0 Å². The highest BCUT2D eigenvalue weighted by Crippen LogP contribution is 2.33. The highest BCUT2D eigenvalue weighted by atomic mass is 16.1. The number of nitrogens with zero attached hydrogens (tertiary/aromatic N) is 3. The summed E-state index contributed by atoms with van der Waals surface area (Å²) in [5.74, 6) is 1.53. The van der Waals surface area contributed by atoms with Gasteiger partial charge in [0.1, 0.15) is 11.5 Å². The van der Waals surface area contributed by atoms with Gasteiger partial charge in [-0.3, -0.25) is 4.79 Å². The van der Waals surface area contributed by atoms with Crippen LogP contribution in [-0.4, -0.2) is 20.0 Å². The molecule has 5 heteroatoms. The molecule has 1 saturated carbocycles. The van der Waals surface area contributed by atoms with E-state index in [2.05, 4.69) is 27.0 Å². The summed E-state index contributed by atoms with van der Waals surface area (Å²) in [6.07, 6.45) is 6.15. The fourth-order valence-electron chi connectivity index (χ4n) is 2.97. The molecule has 23 heavy (non-hydrogen) atoms. The average molecular weight is 308 g/mol. The molecule has 0 unspecified atom stereocenters. The minimum atomic E-state index is -0.0372. The third kappa shape index (κ3) is 2.74. The standard InChI is InChI=1S/C18H20N4O/c1-21-9-8-19-17(21)11-20-18(23)16-10-14-4-2-3-5-15(14)22(16)12-13-6-7-13/h2-5,8-10,13H,6-7,11-12H2,1H3,(H,20,23). The van der Waals surface area contributed by atoms with E-state index >= 15 is 0 Å². The number of hydrogen-bond donors (Lipinski definition) is 1. The fourth-order valence-corrected chi connectivity index (χ4v) is 2.97. The van der Waals surface area contributed by atoms with Crippen molar-refractivity contribution in [2.45, 2.75) is 25.9 Å². The summed E-state index contributed by atoms with van der Waals surface area (Å²) < 4.78 is 4.08. The maximum atomic E-state index is 12.7. The van der Waals surface area contributed by atoms with E-state index in [0.717, 1.165) is 29.0 Å². The SMILES string of the molecule is Cn1ccnc1CNC(=O)c1cc2ccccc2n1CC1CC1. The van der Waals surface area contributed by atoms with Gasteiger partial charge in [0.15, 0.2) is 0 Å². The molecular formula is C18H20N4O. The lowest BCUT2D eigenvalue weighted by Gasteiger charge is -2.10. The van der Waals surface area contributed by atoms with Crippen molar-refractivity contribution >= 4 is 16.8 Å². The number of imidazole rings is 1. The fraction of sp³-hybridized carbons (Fsp3) is 0.333. The number of para-hydroxylation sites is 1. The minimum absolute atomic E-state index is 0.0372. The lowest BCUT2D eigenvalue weighted by Crippen LogP contribution is -2.27. The first-order chi connectivity index (χ1) is 11.2. The van der Waals surface area contributed by atoms with Crippen molar-refractivity contribution in [3.05, 3.63) is 54.2 Å². The number of carbonyl (C=O) groups excluding carboxylic acids is 1. The Bertz CT molecular complexity index is 857. The lowest BCUT2D eigenvalue weighted by molar-refractivity contribution is 0.0940. The van der Waals surface area contributed by atoms with Gasteiger partial charge in [-0.1, -0.05) is 18.2 Å². The van der Waals surface area contributed by atoms with Crippen LogP contribution in [0.3, 0.4) is 0 Å². The van der Waals surface area contributed by atoms with Crippen LogP contribution in [0.1, 0.15) is 29.2 Å². The van der Waals surface area contributed by atoms with E-state index in [1.165, 1.54) is 12.8 Å². The number of hydrogen-bond acceptors (Lipinski definition) is 2. The largest absolute Gasteiger partial charge is 0.344 e. The van der Waals surface area contributed by atoms with Gasteiger partial charge in [-0.05, 0) is 30.9 Å². The van der Waals surface area contributed by atoms with Crippen molar-refractivity contribution in [1.82, 2.24) is 19.4 Å². The summed E-state index contributed by atoms with van der Waals surface area (Å²) in [5.41, 5.74) is 1.88. The number of nitrogens with one attached hydrogen (secondary N) is 1. The Morgan fingerprint density at radius 2 is 2.17 bits per heavy atom. The Hall–Kier alpha value is -2.56. The van der Waals surface area contributed by atoms with Gasteiger partial charge in [0.25, 0.3) is 5.91 Å². The number of aromatic nitrogens is 3. The molecule has 1 amide bonds. The molecule has 0 spiro atoms. The predicted molar refractivity (Wildman–Crippen MR) is 89.0 cm³/mol. The predicted octanol–water partition coefficient (Wildman–Crippen LogP) is 2.71. The van der Waals surface area contributed by atoms with Crippen LogP contribution in [-0.2, 0) is 20.1 Å². The van der Waals surface area contributed by atoms with Crippen LogP contribution in [0.5, 0.6) is 0 Å². The van der Waals surface area contributed by atoms with Gasteiger partial charge in [0.2, 0.25) is 0 Å². The molecule has 0 bridgehead atoms. The van der Waals surface area contributed by atoms with Crippen LogP contribution in [0, 0.1) is 5.92 Å². The number of benzene rings is 1. The third-order valence-corrected chi connectivity index (χ3v) is 4.51. The van der Waals surface area contributed by atoms with Crippen molar-refractivity contribution in [2.75, 3.05) is 0 Å². The van der Waals surface area contributed by atoms with Crippen LogP contribution in [0.2, 0.25) is 0 Å². The van der Waals surface area contributed by atoms with Crippen molar-refractivity contribution < 1.29 is 4.79 Å². The van der Waals surface area contributed by atoms with Gasteiger partial charge >= 0.3 is 0 Å². The quantitative estimate of drug-likeness (QED) is 0.788. The zero-order valence-electron chi connectivity index (χ0n) is 13.2. The second-order valence-electron chi connectivity index (χ2n) is 6.28. The van der Waals surface area contributed by atoms with Crippen molar-refractivity contribution in [3.8, 4) is 0 Å². The molecular weight excluding hydrogens is 288 g/mol. The molecule has 118 valence electrons. The number of rotatable bonds is 5. The first-order valence-corrected chi connectivity index (χ1v) is 8.05. The van der Waals surface area contributed by atoms with Gasteiger partial charge in [-0.2, -0.15) is 0 Å². The Morgan fingerprint density at radius 1 is 1.35 bits per heavy atom. The Balaban J connectivity index is 1.61. The van der Waals surface area contributed by atoms with Gasteiger partial charge in [0.05, 0.1) is 6.54 Å². The van der Waals surface area contributed by atoms with Crippen molar-refractivity contribution in [2.24, 2.45) is 13.0 Å². The zero-order chi connectivity index (χ0) is 15.8. The van der Waals surface area contributed by atoms with Crippen LogP contribution < -0.4 is 5.32 Å².